The molecule has 1 saturated heterocycles. The van der Waals surface area contributed by atoms with Crippen LogP contribution in [0.5, 0.6) is 0 Å². The summed E-state index contributed by atoms with van der Waals surface area (Å²) in [6.07, 6.45) is -4.77. The number of carbonyl (C=O) groups excluding carboxylic acids is 2. The van der Waals surface area contributed by atoms with Crippen molar-refractivity contribution in [2.45, 2.75) is 58.3 Å². The van der Waals surface area contributed by atoms with Gasteiger partial charge in [-0.3, -0.25) is 9.59 Å². The molecule has 0 bridgehead atoms. The summed E-state index contributed by atoms with van der Waals surface area (Å²) in [7, 11) is 0. The Hall–Kier alpha value is -2.06. The molecule has 1 aromatic heterocycles. The molecule has 0 spiro atoms. The van der Waals surface area contributed by atoms with Crippen LogP contribution in [0, 0.1) is 13.8 Å². The van der Waals surface area contributed by atoms with Crippen LogP contribution < -0.4 is 5.32 Å². The molecule has 0 radical (unpaired) electrons. The first-order chi connectivity index (χ1) is 11.1. The van der Waals surface area contributed by atoms with Crippen molar-refractivity contribution >= 4 is 11.8 Å². The van der Waals surface area contributed by atoms with Gasteiger partial charge in [0.25, 0.3) is 0 Å². The van der Waals surface area contributed by atoms with Crippen molar-refractivity contribution in [3.63, 3.8) is 0 Å². The Kier molecular flexibility index (Phi) is 5.19. The highest BCUT2D eigenvalue weighted by Gasteiger charge is 2.48. The average Bonchev–Trinajstić information content (AvgIpc) is 2.77. The maximum Gasteiger partial charge on any atom is 0.408 e. The van der Waals surface area contributed by atoms with Crippen LogP contribution in [-0.2, 0) is 16.0 Å². The first-order valence-electron chi connectivity index (χ1n) is 7.64. The summed E-state index contributed by atoms with van der Waals surface area (Å²) >= 11 is 0. The molecule has 9 heteroatoms. The molecule has 1 fully saturated rings. The smallest absolute Gasteiger partial charge is 0.361 e. The van der Waals surface area contributed by atoms with Crippen LogP contribution in [0.2, 0.25) is 0 Å². The number of nitrogens with zero attached hydrogens (tertiary/aromatic N) is 2. The number of nitrogens with one attached hydrogen (secondary N) is 1. The minimum absolute atomic E-state index is 0.161. The van der Waals surface area contributed by atoms with E-state index in [0.717, 1.165) is 4.90 Å². The van der Waals surface area contributed by atoms with Gasteiger partial charge in [-0.1, -0.05) is 5.16 Å². The van der Waals surface area contributed by atoms with Gasteiger partial charge in [-0.2, -0.15) is 13.2 Å². The summed E-state index contributed by atoms with van der Waals surface area (Å²) in [5, 5.41) is 6.30. The van der Waals surface area contributed by atoms with Crippen molar-refractivity contribution in [2.24, 2.45) is 0 Å². The summed E-state index contributed by atoms with van der Waals surface area (Å²) in [5.74, 6) is -0.565. The molecular weight excluding hydrogens is 327 g/mol. The Morgan fingerprint density at radius 3 is 2.50 bits per heavy atom. The van der Waals surface area contributed by atoms with E-state index in [1.54, 1.807) is 13.8 Å². The van der Waals surface area contributed by atoms with E-state index in [9.17, 15) is 22.8 Å². The Labute approximate surface area is 137 Å². The van der Waals surface area contributed by atoms with E-state index in [1.165, 1.54) is 6.92 Å². The predicted molar refractivity (Wildman–Crippen MR) is 78.1 cm³/mol. The van der Waals surface area contributed by atoms with Crippen LogP contribution >= 0.6 is 0 Å². The number of hydrogen-bond donors (Lipinski definition) is 1. The molecule has 0 saturated carbocycles. The van der Waals surface area contributed by atoms with Gasteiger partial charge in [-0.15, -0.1) is 0 Å². The Bertz CT molecular complexity index is 608. The number of aryl methyl sites for hydroxylation is 2. The van der Waals surface area contributed by atoms with Crippen LogP contribution in [0.25, 0.3) is 0 Å². The fraction of sp³-hybridized carbons (Fsp3) is 0.667. The van der Waals surface area contributed by atoms with Gasteiger partial charge in [0.2, 0.25) is 11.8 Å². The monoisotopic (exact) mass is 347 g/mol. The molecule has 2 amide bonds. The van der Waals surface area contributed by atoms with Gasteiger partial charge in [-0.05, 0) is 26.7 Å². The van der Waals surface area contributed by atoms with Gasteiger partial charge in [0.15, 0.2) is 0 Å². The second-order valence-corrected chi connectivity index (χ2v) is 6.06. The van der Waals surface area contributed by atoms with Crippen LogP contribution in [0.3, 0.4) is 0 Å². The van der Waals surface area contributed by atoms with E-state index < -0.39 is 24.2 Å². The van der Waals surface area contributed by atoms with Gasteiger partial charge in [-0.25, -0.2) is 0 Å². The summed E-state index contributed by atoms with van der Waals surface area (Å²) in [6.45, 7) is 4.38. The van der Waals surface area contributed by atoms with Crippen LogP contribution in [0.1, 0.15) is 36.8 Å². The maximum absolute atomic E-state index is 13.3. The highest BCUT2D eigenvalue weighted by Crippen LogP contribution is 2.32. The normalized spacial score (nSPS) is 21.7. The number of halogens is 3. The predicted octanol–water partition coefficient (Wildman–Crippen LogP) is 1.89. The summed E-state index contributed by atoms with van der Waals surface area (Å²) in [6, 6.07) is -2.31. The Morgan fingerprint density at radius 2 is 2.00 bits per heavy atom. The van der Waals surface area contributed by atoms with Crippen molar-refractivity contribution in [1.82, 2.24) is 15.4 Å². The number of likely N-dealkylation sites (tertiary alicyclic amines) is 1. The zero-order valence-corrected chi connectivity index (χ0v) is 13.7. The molecule has 6 nitrogen and oxygen atoms in total. The lowest BCUT2D eigenvalue weighted by Gasteiger charge is -2.40. The third-order valence-corrected chi connectivity index (χ3v) is 4.20. The minimum Gasteiger partial charge on any atom is -0.361 e. The Balaban J connectivity index is 2.19. The molecule has 1 aliphatic rings. The highest BCUT2D eigenvalue weighted by atomic mass is 19.4. The molecule has 1 aromatic rings. The number of hydrogen-bond acceptors (Lipinski definition) is 4. The molecular formula is C15H20F3N3O3. The Morgan fingerprint density at radius 1 is 1.33 bits per heavy atom. The number of carbonyl (C=O) groups is 2. The SMILES string of the molecule is CC(=O)NC1CCC(C(F)(F)F)N(C(=O)Cc2c(C)noc2C)C1. The van der Waals surface area contributed by atoms with E-state index in [1.807, 2.05) is 0 Å². The summed E-state index contributed by atoms with van der Waals surface area (Å²) < 4.78 is 44.8. The first-order valence-corrected chi connectivity index (χ1v) is 7.64. The molecule has 0 aliphatic carbocycles. The summed E-state index contributed by atoms with van der Waals surface area (Å²) in [4.78, 5) is 24.5. The summed E-state index contributed by atoms with van der Waals surface area (Å²) in [5.41, 5.74) is 0.988. The molecule has 1 N–H and O–H groups in total. The van der Waals surface area contributed by atoms with Crippen LogP contribution in [-0.4, -0.2) is 46.7 Å². The van der Waals surface area contributed by atoms with Gasteiger partial charge in [0.05, 0.1) is 12.1 Å². The second kappa shape index (κ2) is 6.82. The van der Waals surface area contributed by atoms with Gasteiger partial charge in [0, 0.05) is 25.1 Å². The third kappa shape index (κ3) is 4.07. The minimum atomic E-state index is -4.50. The molecule has 24 heavy (non-hydrogen) atoms. The first kappa shape index (κ1) is 18.3. The van der Waals surface area contributed by atoms with E-state index >= 15 is 0 Å². The van der Waals surface area contributed by atoms with E-state index in [0.29, 0.717) is 17.0 Å². The van der Waals surface area contributed by atoms with Gasteiger partial charge < -0.3 is 14.7 Å². The van der Waals surface area contributed by atoms with E-state index in [4.69, 9.17) is 4.52 Å². The van der Waals surface area contributed by atoms with Crippen molar-refractivity contribution in [2.75, 3.05) is 6.54 Å². The molecule has 134 valence electrons. The van der Waals surface area contributed by atoms with Gasteiger partial charge >= 0.3 is 6.18 Å². The number of alkyl halides is 3. The molecule has 2 atom stereocenters. The molecule has 2 heterocycles. The van der Waals surface area contributed by atoms with E-state index in [2.05, 4.69) is 10.5 Å². The topological polar surface area (TPSA) is 75.4 Å². The standard InChI is InChI=1S/C15H20F3N3O3/c1-8-12(9(2)24-20-8)6-14(23)21-7-11(19-10(3)22)4-5-13(21)15(16,17)18/h11,13H,4-7H2,1-3H3,(H,19,22). The highest BCUT2D eigenvalue weighted by molar-refractivity contribution is 5.80. The van der Waals surface area contributed by atoms with Gasteiger partial charge in [0.1, 0.15) is 11.8 Å². The zero-order chi connectivity index (χ0) is 18.1. The van der Waals surface area contributed by atoms with Crippen molar-refractivity contribution in [1.29, 1.82) is 0 Å². The maximum atomic E-state index is 13.3. The van der Waals surface area contributed by atoms with Crippen LogP contribution in [0.4, 0.5) is 13.2 Å². The number of rotatable bonds is 3. The number of aromatic nitrogens is 1. The fourth-order valence-corrected chi connectivity index (χ4v) is 3.00. The molecule has 2 unspecified atom stereocenters. The van der Waals surface area contributed by atoms with Crippen LogP contribution in [0.15, 0.2) is 4.52 Å². The fourth-order valence-electron chi connectivity index (χ4n) is 3.00. The molecule has 0 aromatic carbocycles. The number of piperidine rings is 1. The average molecular weight is 347 g/mol. The van der Waals surface area contributed by atoms with Crippen molar-refractivity contribution in [3.8, 4) is 0 Å². The second-order valence-electron chi connectivity index (χ2n) is 6.06. The third-order valence-electron chi connectivity index (χ3n) is 4.20. The van der Waals surface area contributed by atoms with Crippen molar-refractivity contribution < 1.29 is 27.3 Å². The molecule has 2 rings (SSSR count). The lowest BCUT2D eigenvalue weighted by molar-refractivity contribution is -0.197. The zero-order valence-electron chi connectivity index (χ0n) is 13.7. The quantitative estimate of drug-likeness (QED) is 0.906. The van der Waals surface area contributed by atoms with Crippen molar-refractivity contribution in [3.05, 3.63) is 17.0 Å². The number of amides is 2. The lowest BCUT2D eigenvalue weighted by Crippen LogP contribution is -2.58. The van der Waals surface area contributed by atoms with E-state index in [-0.39, 0.29) is 31.7 Å². The largest absolute Gasteiger partial charge is 0.408 e. The lowest BCUT2D eigenvalue weighted by atomic mass is 9.96. The molecule has 1 aliphatic heterocycles.